The van der Waals surface area contributed by atoms with Gasteiger partial charge in [-0.15, -0.1) is 23.1 Å². The van der Waals surface area contributed by atoms with E-state index in [1.807, 2.05) is 61.5 Å². The van der Waals surface area contributed by atoms with Crippen molar-refractivity contribution in [2.45, 2.75) is 36.6 Å². The molecule has 1 aliphatic rings. The van der Waals surface area contributed by atoms with Gasteiger partial charge in [0.2, 0.25) is 0 Å². The summed E-state index contributed by atoms with van der Waals surface area (Å²) >= 11 is 2.32. The van der Waals surface area contributed by atoms with Gasteiger partial charge in [-0.05, 0) is 68.3 Å². The van der Waals surface area contributed by atoms with Crippen LogP contribution in [0.2, 0.25) is 0 Å². The standard InChI is InChI=1S/C33H30F3N3O5S2/c1-20-19-24(46-32(2,3)30(41)44-31(42)33(34,35)36)13-14-25(20)29-38-26(27(45-29)21-7-5-4-6-8-21)28(40)37-22-9-11-23(12-10-22)39-15-17-43-18-16-39/h4-14,19H,15-18H2,1-3H3,(H,37,40). The van der Waals surface area contributed by atoms with E-state index in [9.17, 15) is 27.6 Å². The van der Waals surface area contributed by atoms with Gasteiger partial charge in [0.15, 0.2) is 0 Å². The zero-order valence-electron chi connectivity index (χ0n) is 25.1. The average Bonchev–Trinajstić information content (AvgIpc) is 3.47. The zero-order chi connectivity index (χ0) is 33.1. The second-order valence-corrected chi connectivity index (χ2v) is 13.6. The highest BCUT2D eigenvalue weighted by Gasteiger charge is 2.45. The SMILES string of the molecule is Cc1cc(SC(C)(C)C(=O)OC(=O)C(F)(F)F)ccc1-c1nc(C(=O)Nc2ccc(N3CCOCC3)cc2)c(-c2ccccc2)s1. The van der Waals surface area contributed by atoms with Gasteiger partial charge >= 0.3 is 18.1 Å². The largest absolute Gasteiger partial charge is 0.491 e. The number of alkyl halides is 3. The van der Waals surface area contributed by atoms with E-state index in [0.29, 0.717) is 33.7 Å². The van der Waals surface area contributed by atoms with Crippen LogP contribution in [0.1, 0.15) is 29.9 Å². The Balaban J connectivity index is 1.37. The molecule has 5 rings (SSSR count). The first-order chi connectivity index (χ1) is 21.8. The van der Waals surface area contributed by atoms with E-state index in [-0.39, 0.29) is 11.6 Å². The molecular weight excluding hydrogens is 640 g/mol. The van der Waals surface area contributed by atoms with Crippen LogP contribution in [0.15, 0.2) is 77.7 Å². The maximum absolute atomic E-state index is 13.6. The van der Waals surface area contributed by atoms with Gasteiger partial charge in [0.1, 0.15) is 15.4 Å². The highest BCUT2D eigenvalue weighted by Crippen LogP contribution is 2.40. The van der Waals surface area contributed by atoms with E-state index < -0.39 is 22.9 Å². The van der Waals surface area contributed by atoms with Crippen molar-refractivity contribution in [3.8, 4) is 21.0 Å². The molecule has 0 atom stereocenters. The predicted octanol–water partition coefficient (Wildman–Crippen LogP) is 7.38. The van der Waals surface area contributed by atoms with Crippen molar-refractivity contribution < 1.29 is 37.0 Å². The number of carbonyl (C=O) groups is 3. The number of hydrogen-bond donors (Lipinski definition) is 1. The molecule has 1 aromatic heterocycles. The van der Waals surface area contributed by atoms with Gasteiger partial charge < -0.3 is 19.7 Å². The van der Waals surface area contributed by atoms with Gasteiger partial charge in [0, 0.05) is 34.9 Å². The summed E-state index contributed by atoms with van der Waals surface area (Å²) in [6.07, 6.45) is -5.27. The number of rotatable bonds is 8. The minimum atomic E-state index is -5.27. The first-order valence-electron chi connectivity index (χ1n) is 14.3. The van der Waals surface area contributed by atoms with Crippen LogP contribution < -0.4 is 10.2 Å². The van der Waals surface area contributed by atoms with Gasteiger partial charge in [0.25, 0.3) is 5.91 Å². The van der Waals surface area contributed by atoms with Crippen LogP contribution >= 0.6 is 23.1 Å². The smallest absolute Gasteiger partial charge is 0.385 e. The lowest BCUT2D eigenvalue weighted by Crippen LogP contribution is -2.36. The maximum Gasteiger partial charge on any atom is 0.491 e. The molecule has 1 fully saturated rings. The number of hydrogen-bond acceptors (Lipinski definition) is 9. The van der Waals surface area contributed by atoms with Crippen LogP contribution in [-0.2, 0) is 19.1 Å². The van der Waals surface area contributed by atoms with Crippen LogP contribution in [0, 0.1) is 6.92 Å². The van der Waals surface area contributed by atoms with Gasteiger partial charge in [-0.2, -0.15) is 13.2 Å². The molecule has 8 nitrogen and oxygen atoms in total. The summed E-state index contributed by atoms with van der Waals surface area (Å²) in [5.41, 5.74) is 4.28. The summed E-state index contributed by atoms with van der Waals surface area (Å²) in [5.74, 6) is -4.22. The Labute approximate surface area is 271 Å². The Morgan fingerprint density at radius 2 is 1.63 bits per heavy atom. The fourth-order valence-electron chi connectivity index (χ4n) is 4.68. The molecule has 240 valence electrons. The molecule has 1 saturated heterocycles. The number of halogens is 3. The predicted molar refractivity (Wildman–Crippen MR) is 172 cm³/mol. The molecular formula is C33H30F3N3O5S2. The van der Waals surface area contributed by atoms with Gasteiger partial charge in [-0.25, -0.2) is 9.78 Å². The van der Waals surface area contributed by atoms with Crippen molar-refractivity contribution in [3.63, 3.8) is 0 Å². The van der Waals surface area contributed by atoms with E-state index >= 15 is 0 Å². The van der Waals surface area contributed by atoms with Crippen molar-refractivity contribution in [2.24, 2.45) is 0 Å². The number of aryl methyl sites for hydroxylation is 1. The quantitative estimate of drug-likeness (QED) is 0.118. The molecule has 1 aliphatic heterocycles. The summed E-state index contributed by atoms with van der Waals surface area (Å²) in [7, 11) is 0. The van der Waals surface area contributed by atoms with E-state index in [1.54, 1.807) is 18.2 Å². The number of amides is 1. The lowest BCUT2D eigenvalue weighted by molar-refractivity contribution is -0.202. The Bertz CT molecular complexity index is 1740. The molecule has 1 N–H and O–H groups in total. The third kappa shape index (κ3) is 7.77. The number of aromatic nitrogens is 1. The average molecular weight is 670 g/mol. The first-order valence-corrected chi connectivity index (χ1v) is 15.9. The van der Waals surface area contributed by atoms with E-state index in [2.05, 4.69) is 15.0 Å². The van der Waals surface area contributed by atoms with Crippen LogP contribution in [0.3, 0.4) is 0 Å². The Kier molecular flexibility index (Phi) is 9.85. The zero-order valence-corrected chi connectivity index (χ0v) is 26.8. The fourth-order valence-corrected chi connectivity index (χ4v) is 6.93. The summed E-state index contributed by atoms with van der Waals surface area (Å²) in [5, 5.41) is 3.56. The molecule has 0 radical (unpaired) electrons. The molecule has 0 bridgehead atoms. The second kappa shape index (κ2) is 13.7. The molecule has 0 saturated carbocycles. The monoisotopic (exact) mass is 669 g/mol. The fraction of sp³-hybridized carbons (Fsp3) is 0.273. The first kappa shape index (κ1) is 33.2. The van der Waals surface area contributed by atoms with Crippen molar-refractivity contribution in [2.75, 3.05) is 36.5 Å². The third-order valence-electron chi connectivity index (χ3n) is 7.09. The minimum Gasteiger partial charge on any atom is -0.385 e. The number of ether oxygens (including phenoxy) is 2. The lowest BCUT2D eigenvalue weighted by atomic mass is 10.1. The number of esters is 2. The van der Waals surface area contributed by atoms with Crippen LogP contribution in [0.25, 0.3) is 21.0 Å². The number of thiazole rings is 1. The Hall–Kier alpha value is -4.20. The number of anilines is 2. The number of thioether (sulfide) groups is 1. The number of nitrogens with one attached hydrogen (secondary N) is 1. The number of benzene rings is 3. The summed E-state index contributed by atoms with van der Waals surface area (Å²) < 4.78 is 45.8. The van der Waals surface area contributed by atoms with Crippen molar-refractivity contribution in [3.05, 3.63) is 84.1 Å². The van der Waals surface area contributed by atoms with E-state index in [4.69, 9.17) is 9.72 Å². The van der Waals surface area contributed by atoms with Crippen LogP contribution in [0.5, 0.6) is 0 Å². The Morgan fingerprint density at radius 1 is 0.957 bits per heavy atom. The number of morpholine rings is 1. The summed E-state index contributed by atoms with van der Waals surface area (Å²) in [6.45, 7) is 7.54. The third-order valence-corrected chi connectivity index (χ3v) is 9.39. The topological polar surface area (TPSA) is 97.8 Å². The number of carbonyl (C=O) groups excluding carboxylic acids is 3. The molecule has 2 heterocycles. The minimum absolute atomic E-state index is 0.263. The molecule has 4 aromatic rings. The maximum atomic E-state index is 13.6. The van der Waals surface area contributed by atoms with Gasteiger partial charge in [-0.3, -0.25) is 9.59 Å². The van der Waals surface area contributed by atoms with E-state index in [1.165, 1.54) is 25.2 Å². The van der Waals surface area contributed by atoms with Crippen LogP contribution in [0.4, 0.5) is 24.5 Å². The summed E-state index contributed by atoms with van der Waals surface area (Å²) in [6, 6.07) is 22.3. The normalized spacial score (nSPS) is 13.7. The molecule has 0 unspecified atom stereocenters. The highest BCUT2D eigenvalue weighted by molar-refractivity contribution is 8.01. The van der Waals surface area contributed by atoms with Gasteiger partial charge in [-0.1, -0.05) is 36.4 Å². The second-order valence-electron chi connectivity index (χ2n) is 10.9. The van der Waals surface area contributed by atoms with Gasteiger partial charge in [0.05, 0.1) is 18.1 Å². The molecule has 13 heteroatoms. The molecule has 0 aliphatic carbocycles. The molecule has 46 heavy (non-hydrogen) atoms. The van der Waals surface area contributed by atoms with Crippen molar-refractivity contribution in [1.82, 2.24) is 4.98 Å². The van der Waals surface area contributed by atoms with Crippen molar-refractivity contribution in [1.29, 1.82) is 0 Å². The molecule has 1 amide bonds. The van der Waals surface area contributed by atoms with E-state index in [0.717, 1.165) is 47.2 Å². The Morgan fingerprint density at radius 3 is 2.26 bits per heavy atom. The highest BCUT2D eigenvalue weighted by atomic mass is 32.2. The molecule has 3 aromatic carbocycles. The summed E-state index contributed by atoms with van der Waals surface area (Å²) in [4.78, 5) is 45.3. The lowest BCUT2D eigenvalue weighted by Gasteiger charge is -2.28. The van der Waals surface area contributed by atoms with Crippen molar-refractivity contribution >= 4 is 52.3 Å². The number of nitrogens with zero attached hydrogens (tertiary/aromatic N) is 2. The van der Waals surface area contributed by atoms with Crippen LogP contribution in [-0.4, -0.2) is 60.1 Å². The molecule has 0 spiro atoms.